The molecule has 0 spiro atoms. The molecule has 6 nitrogen and oxygen atoms in total. The van der Waals surface area contributed by atoms with Gasteiger partial charge in [0.05, 0.1) is 4.90 Å². The molecule has 2 N–H and O–H groups in total. The molecule has 0 fully saturated rings. The van der Waals surface area contributed by atoms with Gasteiger partial charge in [0.2, 0.25) is 6.79 Å². The molecule has 4 rings (SSSR count). The van der Waals surface area contributed by atoms with Crippen molar-refractivity contribution in [1.82, 2.24) is 5.32 Å². The number of rotatable bonds is 2. The van der Waals surface area contributed by atoms with Gasteiger partial charge in [0.25, 0.3) is 10.1 Å². The number of hydrogen-bond donors (Lipinski definition) is 2. The summed E-state index contributed by atoms with van der Waals surface area (Å²) in [6.45, 7) is 3.91. The number of benzene rings is 2. The first-order valence-electron chi connectivity index (χ1n) is 8.15. The Kier molecular flexibility index (Phi) is 3.94. The zero-order valence-corrected chi connectivity index (χ0v) is 14.6. The van der Waals surface area contributed by atoms with E-state index in [0.29, 0.717) is 0 Å². The van der Waals surface area contributed by atoms with Crippen LogP contribution in [0.5, 0.6) is 11.5 Å². The molecule has 25 heavy (non-hydrogen) atoms. The summed E-state index contributed by atoms with van der Waals surface area (Å²) < 4.78 is 42.9. The first kappa shape index (κ1) is 16.4. The van der Waals surface area contributed by atoms with Crippen molar-refractivity contribution in [3.05, 3.63) is 52.6 Å². The highest BCUT2D eigenvalue weighted by Gasteiger charge is 2.28. The van der Waals surface area contributed by atoms with Gasteiger partial charge in [-0.3, -0.25) is 4.55 Å². The molecule has 0 amide bonds. The predicted molar refractivity (Wildman–Crippen MR) is 92.0 cm³/mol. The fourth-order valence-corrected chi connectivity index (χ4v) is 4.13. The van der Waals surface area contributed by atoms with Crippen molar-refractivity contribution in [2.75, 3.05) is 19.9 Å². The van der Waals surface area contributed by atoms with Crippen molar-refractivity contribution < 1.29 is 22.4 Å². The topological polar surface area (TPSA) is 84.9 Å². The van der Waals surface area contributed by atoms with Crippen LogP contribution in [0.3, 0.4) is 0 Å². The van der Waals surface area contributed by atoms with Crippen molar-refractivity contribution in [3.8, 4) is 11.5 Å². The van der Waals surface area contributed by atoms with Gasteiger partial charge in [-0.2, -0.15) is 8.42 Å². The highest BCUT2D eigenvalue weighted by molar-refractivity contribution is 7.85. The molecule has 1 atom stereocenters. The van der Waals surface area contributed by atoms with Gasteiger partial charge in [0.15, 0.2) is 11.5 Å². The molecule has 2 aromatic rings. The van der Waals surface area contributed by atoms with Gasteiger partial charge in [-0.15, -0.1) is 0 Å². The van der Waals surface area contributed by atoms with E-state index < -0.39 is 10.1 Å². The molecule has 132 valence electrons. The second-order valence-electron chi connectivity index (χ2n) is 6.35. The van der Waals surface area contributed by atoms with Crippen LogP contribution >= 0.6 is 0 Å². The standard InChI is InChI=1S/C18H19NO5S/c1-11-14-6-7-19-9-16(15(14)8-17-18(11)24-10-23-17)12-2-4-13(5-3-12)25(20,21)22/h2-5,8,16,19H,6-7,9-10H2,1H3,(H,20,21,22). The van der Waals surface area contributed by atoms with E-state index >= 15 is 0 Å². The molecule has 2 heterocycles. The average molecular weight is 361 g/mol. The van der Waals surface area contributed by atoms with Gasteiger partial charge >= 0.3 is 0 Å². The molecule has 0 aliphatic carbocycles. The number of nitrogens with one attached hydrogen (secondary N) is 1. The third kappa shape index (κ3) is 2.88. The van der Waals surface area contributed by atoms with Crippen LogP contribution in [0.25, 0.3) is 0 Å². The molecule has 2 aliphatic rings. The fourth-order valence-electron chi connectivity index (χ4n) is 3.65. The molecule has 2 aliphatic heterocycles. The van der Waals surface area contributed by atoms with Crippen LogP contribution in [0.1, 0.15) is 28.2 Å². The molecule has 0 aromatic heterocycles. The monoisotopic (exact) mass is 361 g/mol. The molecular formula is C18H19NO5S. The second kappa shape index (κ2) is 6.01. The SMILES string of the molecule is Cc1c2c(cc3c1OCO3)C(c1ccc(S(=O)(=O)O)cc1)CNCC2. The van der Waals surface area contributed by atoms with E-state index in [-0.39, 0.29) is 17.6 Å². The molecular weight excluding hydrogens is 342 g/mol. The molecule has 0 saturated heterocycles. The number of hydrogen-bond acceptors (Lipinski definition) is 5. The molecule has 2 aromatic carbocycles. The lowest BCUT2D eigenvalue weighted by atomic mass is 9.86. The summed E-state index contributed by atoms with van der Waals surface area (Å²) in [5.74, 6) is 1.65. The molecule has 1 unspecified atom stereocenters. The normalized spacial score (nSPS) is 19.4. The number of ether oxygens (including phenoxy) is 2. The molecule has 7 heteroatoms. The summed E-state index contributed by atoms with van der Waals surface area (Å²) in [6, 6.07) is 8.43. The van der Waals surface area contributed by atoms with Crippen LogP contribution in [-0.4, -0.2) is 32.9 Å². The summed E-state index contributed by atoms with van der Waals surface area (Å²) in [5.41, 5.74) is 4.51. The molecule has 0 saturated carbocycles. The first-order valence-corrected chi connectivity index (χ1v) is 9.59. The van der Waals surface area contributed by atoms with E-state index in [1.54, 1.807) is 12.1 Å². The third-order valence-corrected chi connectivity index (χ3v) is 5.79. The van der Waals surface area contributed by atoms with Crippen molar-refractivity contribution in [2.24, 2.45) is 0 Å². The largest absolute Gasteiger partial charge is 0.454 e. The lowest BCUT2D eigenvalue weighted by Crippen LogP contribution is -2.20. The lowest BCUT2D eigenvalue weighted by molar-refractivity contribution is 0.173. The average Bonchev–Trinajstić information content (AvgIpc) is 2.94. The molecule has 0 radical (unpaired) electrons. The Morgan fingerprint density at radius 2 is 1.96 bits per heavy atom. The maximum Gasteiger partial charge on any atom is 0.294 e. The van der Waals surface area contributed by atoms with Crippen molar-refractivity contribution in [3.63, 3.8) is 0 Å². The van der Waals surface area contributed by atoms with E-state index in [0.717, 1.165) is 42.1 Å². The maximum atomic E-state index is 11.3. The van der Waals surface area contributed by atoms with Crippen LogP contribution in [0, 0.1) is 6.92 Å². The van der Waals surface area contributed by atoms with Gasteiger partial charge in [0.1, 0.15) is 0 Å². The smallest absolute Gasteiger partial charge is 0.294 e. The van der Waals surface area contributed by atoms with Crippen LogP contribution < -0.4 is 14.8 Å². The minimum Gasteiger partial charge on any atom is -0.454 e. The summed E-state index contributed by atoms with van der Waals surface area (Å²) in [7, 11) is -4.18. The van der Waals surface area contributed by atoms with E-state index in [2.05, 4.69) is 12.2 Å². The quantitative estimate of drug-likeness (QED) is 0.798. The van der Waals surface area contributed by atoms with E-state index in [1.807, 2.05) is 6.07 Å². The zero-order chi connectivity index (χ0) is 17.6. The van der Waals surface area contributed by atoms with E-state index in [4.69, 9.17) is 14.0 Å². The maximum absolute atomic E-state index is 11.3. The minimum absolute atomic E-state index is 0.0705. The number of fused-ring (bicyclic) bond motifs is 2. The Hall–Kier alpha value is -2.09. The fraction of sp³-hybridized carbons (Fsp3) is 0.333. The van der Waals surface area contributed by atoms with Crippen LogP contribution in [-0.2, 0) is 16.5 Å². The van der Waals surface area contributed by atoms with Gasteiger partial charge in [-0.25, -0.2) is 0 Å². The third-order valence-electron chi connectivity index (χ3n) is 4.93. The summed E-state index contributed by atoms with van der Waals surface area (Å²) >= 11 is 0. The zero-order valence-electron chi connectivity index (χ0n) is 13.8. The van der Waals surface area contributed by atoms with Crippen molar-refractivity contribution in [2.45, 2.75) is 24.2 Å². The van der Waals surface area contributed by atoms with Crippen molar-refractivity contribution >= 4 is 10.1 Å². The Balaban J connectivity index is 1.81. The van der Waals surface area contributed by atoms with E-state index in [9.17, 15) is 8.42 Å². The Morgan fingerprint density at radius 1 is 1.20 bits per heavy atom. The highest BCUT2D eigenvalue weighted by atomic mass is 32.2. The van der Waals surface area contributed by atoms with Crippen LogP contribution in [0.4, 0.5) is 0 Å². The van der Waals surface area contributed by atoms with Gasteiger partial charge in [-0.05, 0) is 60.3 Å². The Bertz CT molecular complexity index is 921. The first-order chi connectivity index (χ1) is 11.9. The Morgan fingerprint density at radius 3 is 2.68 bits per heavy atom. The second-order valence-corrected chi connectivity index (χ2v) is 7.78. The van der Waals surface area contributed by atoms with E-state index in [1.165, 1.54) is 23.3 Å². The van der Waals surface area contributed by atoms with Gasteiger partial charge in [-0.1, -0.05) is 12.1 Å². The lowest BCUT2D eigenvalue weighted by Gasteiger charge is -2.20. The van der Waals surface area contributed by atoms with Gasteiger partial charge in [0, 0.05) is 12.5 Å². The predicted octanol–water partition coefficient (Wildman–Crippen LogP) is 2.25. The highest BCUT2D eigenvalue weighted by Crippen LogP contribution is 2.43. The summed E-state index contributed by atoms with van der Waals surface area (Å²) in [4.78, 5) is -0.0973. The Labute approximate surface area is 146 Å². The molecule has 0 bridgehead atoms. The summed E-state index contributed by atoms with van der Waals surface area (Å²) in [5, 5.41) is 3.44. The van der Waals surface area contributed by atoms with Crippen LogP contribution in [0.2, 0.25) is 0 Å². The van der Waals surface area contributed by atoms with Crippen molar-refractivity contribution in [1.29, 1.82) is 0 Å². The van der Waals surface area contributed by atoms with Gasteiger partial charge < -0.3 is 14.8 Å². The summed E-state index contributed by atoms with van der Waals surface area (Å²) in [6.07, 6.45) is 0.900. The van der Waals surface area contributed by atoms with Crippen LogP contribution in [0.15, 0.2) is 35.2 Å². The minimum atomic E-state index is -4.18.